The van der Waals surface area contributed by atoms with Crippen LogP contribution in [0.5, 0.6) is 5.75 Å². The second kappa shape index (κ2) is 8.60. The Balaban J connectivity index is 1.31. The summed E-state index contributed by atoms with van der Waals surface area (Å²) in [4.78, 5) is 18.8. The molecule has 2 aromatic rings. The van der Waals surface area contributed by atoms with Gasteiger partial charge in [-0.15, -0.1) is 0 Å². The van der Waals surface area contributed by atoms with Crippen LogP contribution < -0.4 is 4.74 Å². The van der Waals surface area contributed by atoms with Gasteiger partial charge in [-0.1, -0.05) is 50.2 Å². The normalized spacial score (nSPS) is 23.6. The van der Waals surface area contributed by atoms with E-state index in [4.69, 9.17) is 19.4 Å². The Kier molecular flexibility index (Phi) is 6.01. The number of rotatable bonds is 6. The molecule has 5 rings (SSSR count). The van der Waals surface area contributed by atoms with Crippen molar-refractivity contribution in [3.8, 4) is 5.75 Å². The first-order chi connectivity index (χ1) is 15.2. The van der Waals surface area contributed by atoms with Crippen molar-refractivity contribution < 1.29 is 24.2 Å². The SMILES string of the molecule is CC1=C[C@@]2(C)CC(C)(C)[C@@H]1N(C(=O)OCc1ccc(OCc3ccc(CO)cc3)cc1)O2. The zero-order valence-corrected chi connectivity index (χ0v) is 19.1. The molecule has 6 nitrogen and oxygen atoms in total. The highest BCUT2D eigenvalue weighted by Crippen LogP contribution is 2.50. The van der Waals surface area contributed by atoms with Crippen LogP contribution in [0, 0.1) is 5.41 Å². The minimum Gasteiger partial charge on any atom is -0.489 e. The number of aliphatic hydroxyl groups excluding tert-OH is 1. The summed E-state index contributed by atoms with van der Waals surface area (Å²) in [6.45, 7) is 9.01. The van der Waals surface area contributed by atoms with E-state index in [1.165, 1.54) is 5.06 Å². The molecule has 1 N–H and O–H groups in total. The molecule has 0 aromatic heterocycles. The fourth-order valence-electron chi connectivity index (χ4n) is 5.01. The second-order valence-corrected chi connectivity index (χ2v) is 9.65. The molecule has 0 radical (unpaired) electrons. The summed E-state index contributed by atoms with van der Waals surface area (Å²) in [6, 6.07) is 15.0. The molecule has 2 aliphatic heterocycles. The number of fused-ring (bicyclic) bond motifs is 2. The van der Waals surface area contributed by atoms with Gasteiger partial charge in [0.2, 0.25) is 0 Å². The number of hydrogen-bond donors (Lipinski definition) is 1. The first-order valence-corrected chi connectivity index (χ1v) is 10.9. The van der Waals surface area contributed by atoms with Gasteiger partial charge in [0.05, 0.1) is 12.6 Å². The Morgan fingerprint density at radius 3 is 2.22 bits per heavy atom. The minimum atomic E-state index is -0.487. The number of benzene rings is 2. The maximum atomic E-state index is 12.8. The Bertz CT molecular complexity index is 996. The molecule has 2 bridgehead atoms. The highest BCUT2D eigenvalue weighted by molar-refractivity contribution is 5.68. The van der Waals surface area contributed by atoms with Crippen molar-refractivity contribution in [3.05, 3.63) is 76.9 Å². The van der Waals surface area contributed by atoms with Crippen molar-refractivity contribution in [2.24, 2.45) is 5.41 Å². The molecular formula is C26H31NO5. The first kappa shape index (κ1) is 22.4. The third kappa shape index (κ3) is 4.66. The minimum absolute atomic E-state index is 0.0328. The predicted octanol–water partition coefficient (Wildman–Crippen LogP) is 5.15. The molecule has 3 aliphatic rings. The number of ether oxygens (including phenoxy) is 2. The second-order valence-electron chi connectivity index (χ2n) is 9.65. The smallest absolute Gasteiger partial charge is 0.434 e. The lowest BCUT2D eigenvalue weighted by Crippen LogP contribution is -2.62. The van der Waals surface area contributed by atoms with Crippen LogP contribution in [0.2, 0.25) is 0 Å². The lowest BCUT2D eigenvalue weighted by molar-refractivity contribution is -0.282. The molecule has 1 saturated heterocycles. The fraction of sp³-hybridized carbons (Fsp3) is 0.423. The molecule has 0 unspecified atom stereocenters. The zero-order chi connectivity index (χ0) is 22.9. The van der Waals surface area contributed by atoms with Gasteiger partial charge in [0.25, 0.3) is 0 Å². The van der Waals surface area contributed by atoms with Crippen molar-refractivity contribution in [1.82, 2.24) is 5.06 Å². The van der Waals surface area contributed by atoms with Crippen molar-refractivity contribution in [2.75, 3.05) is 0 Å². The van der Waals surface area contributed by atoms with Gasteiger partial charge < -0.3 is 14.6 Å². The van der Waals surface area contributed by atoms with Gasteiger partial charge in [0.15, 0.2) is 0 Å². The van der Waals surface area contributed by atoms with Crippen molar-refractivity contribution in [3.63, 3.8) is 0 Å². The van der Waals surface area contributed by atoms with Crippen molar-refractivity contribution in [1.29, 1.82) is 0 Å². The maximum absolute atomic E-state index is 12.8. The average molecular weight is 438 g/mol. The summed E-state index contributed by atoms with van der Waals surface area (Å²) in [6.07, 6.45) is 2.51. The van der Waals surface area contributed by atoms with Gasteiger partial charge in [-0.25, -0.2) is 4.79 Å². The molecule has 2 heterocycles. The summed E-state index contributed by atoms with van der Waals surface area (Å²) in [5.74, 6) is 0.735. The number of amides is 1. The van der Waals surface area contributed by atoms with E-state index in [0.29, 0.717) is 6.61 Å². The third-order valence-electron chi connectivity index (χ3n) is 6.13. The highest BCUT2D eigenvalue weighted by atomic mass is 16.7. The van der Waals surface area contributed by atoms with Gasteiger partial charge in [0, 0.05) is 0 Å². The Morgan fingerprint density at radius 1 is 1.03 bits per heavy atom. The summed E-state index contributed by atoms with van der Waals surface area (Å²) in [5.41, 5.74) is 3.34. The van der Waals surface area contributed by atoms with Gasteiger partial charge in [-0.3, -0.25) is 4.84 Å². The summed E-state index contributed by atoms with van der Waals surface area (Å²) >= 11 is 0. The number of nitrogens with zero attached hydrogens (tertiary/aromatic N) is 1. The maximum Gasteiger partial charge on any atom is 0.434 e. The molecular weight excluding hydrogens is 406 g/mol. The van der Waals surface area contributed by atoms with Crippen molar-refractivity contribution >= 4 is 6.09 Å². The lowest BCUT2D eigenvalue weighted by Gasteiger charge is -2.55. The molecule has 0 saturated carbocycles. The number of hydroxylamine groups is 2. The van der Waals surface area contributed by atoms with Crippen LogP contribution in [-0.4, -0.2) is 27.9 Å². The number of carbonyl (C=O) groups is 1. The molecule has 1 fully saturated rings. The molecule has 0 spiro atoms. The van der Waals surface area contributed by atoms with Gasteiger partial charge in [-0.05, 0) is 66.2 Å². The quantitative estimate of drug-likeness (QED) is 0.634. The van der Waals surface area contributed by atoms with E-state index in [0.717, 1.165) is 34.4 Å². The standard InChI is InChI=1S/C26H31NO5/c1-18-13-26(4)17-25(2,3)23(18)27(32-26)24(29)31-16-21-9-11-22(12-10-21)30-15-20-7-5-19(14-28)6-8-20/h5-13,23,28H,14-17H2,1-4H3/t23-,26+/m1/s1. The van der Waals surface area contributed by atoms with Crippen LogP contribution in [0.25, 0.3) is 0 Å². The fourth-order valence-corrected chi connectivity index (χ4v) is 5.01. The number of carbonyl (C=O) groups excluding carboxylic acids is 1. The Hall–Kier alpha value is -2.83. The van der Waals surface area contributed by atoms with Crippen molar-refractivity contribution in [2.45, 2.75) is 65.6 Å². The van der Waals surface area contributed by atoms with E-state index in [2.05, 4.69) is 19.9 Å². The molecule has 6 heteroatoms. The van der Waals surface area contributed by atoms with Gasteiger partial charge in [-0.2, -0.15) is 5.06 Å². The molecule has 2 atom stereocenters. The van der Waals surface area contributed by atoms with Gasteiger partial charge in [0.1, 0.15) is 24.6 Å². The first-order valence-electron chi connectivity index (χ1n) is 10.9. The Morgan fingerprint density at radius 2 is 1.62 bits per heavy atom. The monoisotopic (exact) mass is 437 g/mol. The van der Waals surface area contributed by atoms with E-state index >= 15 is 0 Å². The highest BCUT2D eigenvalue weighted by Gasteiger charge is 2.54. The van der Waals surface area contributed by atoms with Crippen LogP contribution in [0.3, 0.4) is 0 Å². The van der Waals surface area contributed by atoms with E-state index in [9.17, 15) is 4.79 Å². The summed E-state index contributed by atoms with van der Waals surface area (Å²) < 4.78 is 11.4. The zero-order valence-electron chi connectivity index (χ0n) is 19.1. The number of aliphatic hydroxyl groups is 1. The lowest BCUT2D eigenvalue weighted by atomic mass is 9.67. The largest absolute Gasteiger partial charge is 0.489 e. The van der Waals surface area contributed by atoms with E-state index in [1.807, 2.05) is 62.4 Å². The molecule has 170 valence electrons. The Labute approximate surface area is 189 Å². The topological polar surface area (TPSA) is 68.2 Å². The van der Waals surface area contributed by atoms with E-state index < -0.39 is 11.7 Å². The summed E-state index contributed by atoms with van der Waals surface area (Å²) in [5, 5.41) is 10.5. The third-order valence-corrected chi connectivity index (χ3v) is 6.13. The van der Waals surface area contributed by atoms with E-state index in [-0.39, 0.29) is 24.7 Å². The summed E-state index contributed by atoms with van der Waals surface area (Å²) in [7, 11) is 0. The van der Waals surface area contributed by atoms with Crippen LogP contribution in [0.1, 0.15) is 50.8 Å². The molecule has 32 heavy (non-hydrogen) atoms. The van der Waals surface area contributed by atoms with Crippen LogP contribution >= 0.6 is 0 Å². The molecule has 1 amide bonds. The van der Waals surface area contributed by atoms with E-state index in [1.54, 1.807) is 0 Å². The van der Waals surface area contributed by atoms with Crippen LogP contribution in [0.4, 0.5) is 4.79 Å². The number of hydrogen-bond acceptors (Lipinski definition) is 5. The molecule has 1 aliphatic carbocycles. The van der Waals surface area contributed by atoms with Crippen LogP contribution in [-0.2, 0) is 29.4 Å². The van der Waals surface area contributed by atoms with Gasteiger partial charge >= 0.3 is 6.09 Å². The van der Waals surface area contributed by atoms with Crippen LogP contribution in [0.15, 0.2) is 60.2 Å². The predicted molar refractivity (Wildman–Crippen MR) is 121 cm³/mol. The average Bonchev–Trinajstić information content (AvgIpc) is 2.75. The molecule has 2 aromatic carbocycles.